The van der Waals surface area contributed by atoms with Crippen molar-refractivity contribution in [1.29, 1.82) is 0 Å². The van der Waals surface area contributed by atoms with Crippen LogP contribution < -0.4 is 9.64 Å². The van der Waals surface area contributed by atoms with Gasteiger partial charge in [-0.1, -0.05) is 6.07 Å². The van der Waals surface area contributed by atoms with Gasteiger partial charge in [0.1, 0.15) is 5.75 Å². The van der Waals surface area contributed by atoms with Gasteiger partial charge in [-0.15, -0.1) is 0 Å². The van der Waals surface area contributed by atoms with Crippen molar-refractivity contribution in [3.05, 3.63) is 59.2 Å². The smallest absolute Gasteiger partial charge is 0.343 e. The SMILES string of the molecule is Cc1ccc(OC(=O)c2ccc(N3C(=O)C4C5CCC(C5)C4C3=O)cc2)cc1C. The van der Waals surface area contributed by atoms with Crippen LogP contribution in [-0.4, -0.2) is 17.8 Å². The fourth-order valence-corrected chi connectivity index (χ4v) is 5.35. The lowest BCUT2D eigenvalue weighted by molar-refractivity contribution is -0.123. The van der Waals surface area contributed by atoms with Crippen molar-refractivity contribution < 1.29 is 19.1 Å². The Morgan fingerprint density at radius 1 is 0.897 bits per heavy atom. The number of hydrogen-bond donors (Lipinski definition) is 0. The average molecular weight is 389 g/mol. The third kappa shape index (κ3) is 2.79. The Labute approximate surface area is 169 Å². The topological polar surface area (TPSA) is 63.7 Å². The van der Waals surface area contributed by atoms with E-state index in [4.69, 9.17) is 4.74 Å². The summed E-state index contributed by atoms with van der Waals surface area (Å²) < 4.78 is 5.45. The van der Waals surface area contributed by atoms with Gasteiger partial charge in [-0.25, -0.2) is 4.79 Å². The first-order valence-corrected chi connectivity index (χ1v) is 10.2. The van der Waals surface area contributed by atoms with Crippen LogP contribution in [0, 0.1) is 37.5 Å². The van der Waals surface area contributed by atoms with E-state index in [-0.39, 0.29) is 23.7 Å². The molecule has 2 amide bonds. The molecular formula is C24H23NO4. The summed E-state index contributed by atoms with van der Waals surface area (Å²) in [5, 5.41) is 0. The standard InChI is InChI=1S/C24H23NO4/c1-13-3-10-19(11-14(13)2)29-24(28)15-6-8-18(9-7-15)25-22(26)20-16-4-5-17(12-16)21(20)23(25)27/h3,6-11,16-17,20-21H,4-5,12H2,1-2H3. The number of ether oxygens (including phenoxy) is 1. The molecule has 148 valence electrons. The highest BCUT2D eigenvalue weighted by Gasteiger charge is 2.61. The van der Waals surface area contributed by atoms with E-state index in [1.54, 1.807) is 30.3 Å². The second-order valence-electron chi connectivity index (χ2n) is 8.58. The first-order chi connectivity index (χ1) is 13.9. The van der Waals surface area contributed by atoms with E-state index in [0.29, 0.717) is 28.8 Å². The van der Waals surface area contributed by atoms with Crippen LogP contribution in [0.25, 0.3) is 0 Å². The van der Waals surface area contributed by atoms with Gasteiger partial charge >= 0.3 is 5.97 Å². The zero-order chi connectivity index (χ0) is 20.3. The zero-order valence-corrected chi connectivity index (χ0v) is 16.6. The Hall–Kier alpha value is -2.95. The van der Waals surface area contributed by atoms with Gasteiger partial charge in [0.25, 0.3) is 0 Å². The van der Waals surface area contributed by atoms with Crippen molar-refractivity contribution in [2.75, 3.05) is 4.90 Å². The second-order valence-corrected chi connectivity index (χ2v) is 8.58. The molecule has 4 unspecified atom stereocenters. The van der Waals surface area contributed by atoms with Crippen LogP contribution in [0.3, 0.4) is 0 Å². The molecular weight excluding hydrogens is 366 g/mol. The van der Waals surface area contributed by atoms with Crippen molar-refractivity contribution >= 4 is 23.5 Å². The molecule has 4 atom stereocenters. The highest BCUT2D eigenvalue weighted by Crippen LogP contribution is 2.56. The zero-order valence-electron chi connectivity index (χ0n) is 16.6. The van der Waals surface area contributed by atoms with E-state index in [9.17, 15) is 14.4 Å². The van der Waals surface area contributed by atoms with Crippen molar-refractivity contribution in [2.24, 2.45) is 23.7 Å². The van der Waals surface area contributed by atoms with Crippen LogP contribution in [0.1, 0.15) is 40.7 Å². The number of imide groups is 1. The predicted molar refractivity (Wildman–Crippen MR) is 108 cm³/mol. The fraction of sp³-hybridized carbons (Fsp3) is 0.375. The number of esters is 1. The molecule has 5 nitrogen and oxygen atoms in total. The van der Waals surface area contributed by atoms with Crippen molar-refractivity contribution in [3.8, 4) is 5.75 Å². The number of aryl methyl sites for hydroxylation is 2. The van der Waals surface area contributed by atoms with Gasteiger partial charge in [0.2, 0.25) is 11.8 Å². The molecule has 5 rings (SSSR count). The van der Waals surface area contributed by atoms with Gasteiger partial charge in [-0.3, -0.25) is 14.5 Å². The first kappa shape index (κ1) is 18.1. The Morgan fingerprint density at radius 2 is 1.52 bits per heavy atom. The highest BCUT2D eigenvalue weighted by molar-refractivity contribution is 6.22. The van der Waals surface area contributed by atoms with Gasteiger partial charge < -0.3 is 4.74 Å². The lowest BCUT2D eigenvalue weighted by Gasteiger charge is -2.19. The number of anilines is 1. The monoisotopic (exact) mass is 389 g/mol. The van der Waals surface area contributed by atoms with Crippen LogP contribution in [0.5, 0.6) is 5.75 Å². The van der Waals surface area contributed by atoms with E-state index in [2.05, 4.69) is 0 Å². The molecule has 5 heteroatoms. The molecule has 2 aromatic carbocycles. The Balaban J connectivity index is 1.34. The van der Waals surface area contributed by atoms with Crippen LogP contribution >= 0.6 is 0 Å². The molecule has 2 saturated carbocycles. The normalized spacial score (nSPS) is 27.4. The number of rotatable bonds is 3. The molecule has 29 heavy (non-hydrogen) atoms. The minimum Gasteiger partial charge on any atom is -0.423 e. The van der Waals surface area contributed by atoms with E-state index in [1.165, 1.54) is 4.90 Å². The van der Waals surface area contributed by atoms with E-state index in [0.717, 1.165) is 30.4 Å². The van der Waals surface area contributed by atoms with Crippen molar-refractivity contribution in [3.63, 3.8) is 0 Å². The third-order valence-corrected chi connectivity index (χ3v) is 6.98. The maximum Gasteiger partial charge on any atom is 0.343 e. The minimum atomic E-state index is -0.464. The quantitative estimate of drug-likeness (QED) is 0.451. The van der Waals surface area contributed by atoms with Crippen LogP contribution in [0.4, 0.5) is 5.69 Å². The van der Waals surface area contributed by atoms with Crippen LogP contribution in [0.15, 0.2) is 42.5 Å². The number of fused-ring (bicyclic) bond motifs is 5. The van der Waals surface area contributed by atoms with Gasteiger partial charge in [0, 0.05) is 0 Å². The second kappa shape index (κ2) is 6.55. The first-order valence-electron chi connectivity index (χ1n) is 10.2. The van der Waals surface area contributed by atoms with E-state index < -0.39 is 5.97 Å². The summed E-state index contributed by atoms with van der Waals surface area (Å²) in [5.41, 5.74) is 3.10. The predicted octanol–water partition coefficient (Wildman–Crippen LogP) is 4.06. The summed E-state index contributed by atoms with van der Waals surface area (Å²) in [5.74, 6) is 0.322. The van der Waals surface area contributed by atoms with E-state index >= 15 is 0 Å². The summed E-state index contributed by atoms with van der Waals surface area (Å²) in [6.45, 7) is 3.97. The number of nitrogens with zero attached hydrogens (tertiary/aromatic N) is 1. The summed E-state index contributed by atoms with van der Waals surface area (Å²) in [7, 11) is 0. The molecule has 2 bridgehead atoms. The molecule has 3 aliphatic rings. The number of benzene rings is 2. The number of hydrogen-bond acceptors (Lipinski definition) is 4. The van der Waals surface area contributed by atoms with Crippen molar-refractivity contribution in [1.82, 2.24) is 0 Å². The van der Waals surface area contributed by atoms with Gasteiger partial charge in [-0.2, -0.15) is 0 Å². The largest absolute Gasteiger partial charge is 0.423 e. The maximum atomic E-state index is 12.9. The molecule has 2 aliphatic carbocycles. The Morgan fingerprint density at radius 3 is 2.10 bits per heavy atom. The molecule has 3 fully saturated rings. The molecule has 0 radical (unpaired) electrons. The molecule has 0 N–H and O–H groups in total. The maximum absolute atomic E-state index is 12.9. The lowest BCUT2D eigenvalue weighted by Crippen LogP contribution is -2.32. The summed E-state index contributed by atoms with van der Waals surface area (Å²) in [6, 6.07) is 12.1. The summed E-state index contributed by atoms with van der Waals surface area (Å²) in [6.07, 6.45) is 3.13. The Kier molecular flexibility index (Phi) is 4.09. The minimum absolute atomic E-state index is 0.0716. The number of amides is 2. The molecule has 1 heterocycles. The fourth-order valence-electron chi connectivity index (χ4n) is 5.35. The lowest BCUT2D eigenvalue weighted by atomic mass is 9.81. The van der Waals surface area contributed by atoms with E-state index in [1.807, 2.05) is 26.0 Å². The average Bonchev–Trinajstić information content (AvgIpc) is 3.39. The van der Waals surface area contributed by atoms with Gasteiger partial charge in [0.05, 0.1) is 23.1 Å². The van der Waals surface area contributed by atoms with Gasteiger partial charge in [0.15, 0.2) is 0 Å². The number of carbonyl (C=O) groups is 3. The molecule has 1 aliphatic heterocycles. The summed E-state index contributed by atoms with van der Waals surface area (Å²) in [4.78, 5) is 39.6. The summed E-state index contributed by atoms with van der Waals surface area (Å²) >= 11 is 0. The molecule has 0 aromatic heterocycles. The third-order valence-electron chi connectivity index (χ3n) is 6.98. The number of carbonyl (C=O) groups excluding carboxylic acids is 3. The molecule has 0 spiro atoms. The van der Waals surface area contributed by atoms with Crippen molar-refractivity contribution in [2.45, 2.75) is 33.1 Å². The molecule has 2 aromatic rings. The van der Waals surface area contributed by atoms with Crippen LogP contribution in [-0.2, 0) is 9.59 Å². The highest BCUT2D eigenvalue weighted by atomic mass is 16.5. The Bertz CT molecular complexity index is 998. The van der Waals surface area contributed by atoms with Gasteiger partial charge in [-0.05, 0) is 92.5 Å². The van der Waals surface area contributed by atoms with Crippen LogP contribution in [0.2, 0.25) is 0 Å². The molecule has 1 saturated heterocycles.